The molecule has 2 aromatic carbocycles. The number of hydrogen-bond acceptors (Lipinski definition) is 1. The standard InChI is InChI=1S/C16H15FO2/c1-10(2)11-4-3-5-12(8-11)14-9-13(16(18)19)6-7-15(14)17/h3-10H,1-2H3,(H,18,19). The first-order valence-electron chi connectivity index (χ1n) is 6.12. The fourth-order valence-corrected chi connectivity index (χ4v) is 1.94. The van der Waals surface area contributed by atoms with Gasteiger partial charge in [-0.15, -0.1) is 0 Å². The van der Waals surface area contributed by atoms with Crippen LogP contribution >= 0.6 is 0 Å². The summed E-state index contributed by atoms with van der Waals surface area (Å²) < 4.78 is 13.9. The third-order valence-corrected chi connectivity index (χ3v) is 3.08. The van der Waals surface area contributed by atoms with E-state index in [1.807, 2.05) is 18.2 Å². The highest BCUT2D eigenvalue weighted by Gasteiger charge is 2.11. The van der Waals surface area contributed by atoms with Gasteiger partial charge in [-0.2, -0.15) is 0 Å². The molecule has 0 fully saturated rings. The molecule has 0 radical (unpaired) electrons. The van der Waals surface area contributed by atoms with E-state index in [1.54, 1.807) is 6.07 Å². The predicted octanol–water partition coefficient (Wildman–Crippen LogP) is 4.31. The first-order valence-corrected chi connectivity index (χ1v) is 6.12. The van der Waals surface area contributed by atoms with E-state index in [9.17, 15) is 9.18 Å². The van der Waals surface area contributed by atoms with Gasteiger partial charge in [-0.05, 0) is 35.2 Å². The Labute approximate surface area is 111 Å². The van der Waals surface area contributed by atoms with Crippen LogP contribution in [0.4, 0.5) is 4.39 Å². The summed E-state index contributed by atoms with van der Waals surface area (Å²) in [4.78, 5) is 10.9. The lowest BCUT2D eigenvalue weighted by atomic mass is 9.96. The Balaban J connectivity index is 2.54. The normalized spacial score (nSPS) is 10.7. The maximum absolute atomic E-state index is 13.9. The number of rotatable bonds is 3. The Morgan fingerprint density at radius 2 is 1.89 bits per heavy atom. The quantitative estimate of drug-likeness (QED) is 0.890. The first-order chi connectivity index (χ1) is 8.99. The monoisotopic (exact) mass is 258 g/mol. The van der Waals surface area contributed by atoms with Crippen LogP contribution in [-0.4, -0.2) is 11.1 Å². The van der Waals surface area contributed by atoms with E-state index in [2.05, 4.69) is 13.8 Å². The summed E-state index contributed by atoms with van der Waals surface area (Å²) in [5, 5.41) is 8.97. The van der Waals surface area contributed by atoms with Crippen molar-refractivity contribution in [2.24, 2.45) is 0 Å². The van der Waals surface area contributed by atoms with Crippen molar-refractivity contribution in [2.45, 2.75) is 19.8 Å². The molecule has 2 aromatic rings. The van der Waals surface area contributed by atoms with Crippen LogP contribution in [0.1, 0.15) is 35.7 Å². The first kappa shape index (κ1) is 13.3. The average Bonchev–Trinajstić information content (AvgIpc) is 2.39. The van der Waals surface area contributed by atoms with Crippen LogP contribution in [0.2, 0.25) is 0 Å². The Morgan fingerprint density at radius 1 is 1.16 bits per heavy atom. The summed E-state index contributed by atoms with van der Waals surface area (Å²) >= 11 is 0. The summed E-state index contributed by atoms with van der Waals surface area (Å²) in [6.45, 7) is 4.12. The molecule has 0 saturated carbocycles. The highest BCUT2D eigenvalue weighted by atomic mass is 19.1. The van der Waals surface area contributed by atoms with Crippen molar-refractivity contribution in [1.29, 1.82) is 0 Å². The third-order valence-electron chi connectivity index (χ3n) is 3.08. The van der Waals surface area contributed by atoms with Crippen molar-refractivity contribution in [1.82, 2.24) is 0 Å². The van der Waals surface area contributed by atoms with Gasteiger partial charge >= 0.3 is 5.97 Å². The molecule has 0 aromatic heterocycles. The summed E-state index contributed by atoms with van der Waals surface area (Å²) in [5.74, 6) is -1.13. The van der Waals surface area contributed by atoms with E-state index in [0.717, 1.165) is 5.56 Å². The van der Waals surface area contributed by atoms with Crippen molar-refractivity contribution in [2.75, 3.05) is 0 Å². The summed E-state index contributed by atoms with van der Waals surface area (Å²) in [7, 11) is 0. The Kier molecular flexibility index (Phi) is 3.65. The number of carbonyl (C=O) groups is 1. The number of carboxylic acid groups (broad SMARTS) is 1. The zero-order valence-electron chi connectivity index (χ0n) is 10.9. The average molecular weight is 258 g/mol. The van der Waals surface area contributed by atoms with E-state index in [1.165, 1.54) is 18.2 Å². The van der Waals surface area contributed by atoms with Crippen LogP contribution in [0.15, 0.2) is 42.5 Å². The molecule has 0 aliphatic carbocycles. The summed E-state index contributed by atoms with van der Waals surface area (Å²) in [6, 6.07) is 11.4. The van der Waals surface area contributed by atoms with E-state index in [0.29, 0.717) is 17.0 Å². The van der Waals surface area contributed by atoms with Gasteiger partial charge in [-0.25, -0.2) is 9.18 Å². The number of halogens is 1. The second-order valence-electron chi connectivity index (χ2n) is 4.78. The molecule has 98 valence electrons. The zero-order valence-corrected chi connectivity index (χ0v) is 10.9. The van der Waals surface area contributed by atoms with E-state index >= 15 is 0 Å². The number of aromatic carboxylic acids is 1. The lowest BCUT2D eigenvalue weighted by Crippen LogP contribution is -1.98. The van der Waals surface area contributed by atoms with Gasteiger partial charge in [-0.1, -0.05) is 38.1 Å². The van der Waals surface area contributed by atoms with Gasteiger partial charge in [-0.3, -0.25) is 0 Å². The second-order valence-corrected chi connectivity index (χ2v) is 4.78. The van der Waals surface area contributed by atoms with Gasteiger partial charge in [0.05, 0.1) is 5.56 Å². The second kappa shape index (κ2) is 5.22. The van der Waals surface area contributed by atoms with Crippen LogP contribution in [0.5, 0.6) is 0 Å². The number of carboxylic acids is 1. The molecule has 0 atom stereocenters. The van der Waals surface area contributed by atoms with Crippen LogP contribution in [0.25, 0.3) is 11.1 Å². The molecule has 0 heterocycles. The van der Waals surface area contributed by atoms with Crippen molar-refractivity contribution >= 4 is 5.97 Å². The van der Waals surface area contributed by atoms with Gasteiger partial charge < -0.3 is 5.11 Å². The fourth-order valence-electron chi connectivity index (χ4n) is 1.94. The van der Waals surface area contributed by atoms with Crippen LogP contribution < -0.4 is 0 Å². The van der Waals surface area contributed by atoms with Crippen LogP contribution in [0, 0.1) is 5.82 Å². The molecule has 0 aliphatic heterocycles. The highest BCUT2D eigenvalue weighted by molar-refractivity contribution is 5.89. The maximum Gasteiger partial charge on any atom is 0.335 e. The smallest absolute Gasteiger partial charge is 0.335 e. The molecular formula is C16H15FO2. The van der Waals surface area contributed by atoms with Gasteiger partial charge in [0.2, 0.25) is 0 Å². The van der Waals surface area contributed by atoms with E-state index in [4.69, 9.17) is 5.11 Å². The van der Waals surface area contributed by atoms with Gasteiger partial charge in [0, 0.05) is 5.56 Å². The summed E-state index contributed by atoms with van der Waals surface area (Å²) in [6.07, 6.45) is 0. The zero-order chi connectivity index (χ0) is 14.0. The van der Waals surface area contributed by atoms with Crippen molar-refractivity contribution in [3.05, 3.63) is 59.4 Å². The molecule has 3 heteroatoms. The lowest BCUT2D eigenvalue weighted by Gasteiger charge is -2.09. The van der Waals surface area contributed by atoms with Gasteiger partial charge in [0.15, 0.2) is 0 Å². The van der Waals surface area contributed by atoms with Crippen LogP contribution in [-0.2, 0) is 0 Å². The topological polar surface area (TPSA) is 37.3 Å². The molecular weight excluding hydrogens is 243 g/mol. The highest BCUT2D eigenvalue weighted by Crippen LogP contribution is 2.27. The fraction of sp³-hybridized carbons (Fsp3) is 0.188. The summed E-state index contributed by atoms with van der Waals surface area (Å²) in [5.41, 5.74) is 2.21. The Bertz CT molecular complexity index is 618. The van der Waals surface area contributed by atoms with Gasteiger partial charge in [0.1, 0.15) is 5.82 Å². The molecule has 2 nitrogen and oxygen atoms in total. The van der Waals surface area contributed by atoms with Crippen molar-refractivity contribution in [3.8, 4) is 11.1 Å². The molecule has 1 N–H and O–H groups in total. The molecule has 0 spiro atoms. The minimum Gasteiger partial charge on any atom is -0.478 e. The molecule has 0 amide bonds. The number of benzene rings is 2. The Hall–Kier alpha value is -2.16. The Morgan fingerprint density at radius 3 is 2.53 bits per heavy atom. The number of hydrogen-bond donors (Lipinski definition) is 1. The van der Waals surface area contributed by atoms with Gasteiger partial charge in [0.25, 0.3) is 0 Å². The maximum atomic E-state index is 13.9. The predicted molar refractivity (Wildman–Crippen MR) is 72.9 cm³/mol. The lowest BCUT2D eigenvalue weighted by molar-refractivity contribution is 0.0697. The molecule has 0 unspecified atom stereocenters. The molecule has 0 aliphatic rings. The van der Waals surface area contributed by atoms with E-state index < -0.39 is 11.8 Å². The molecule has 2 rings (SSSR count). The third kappa shape index (κ3) is 2.81. The largest absolute Gasteiger partial charge is 0.478 e. The minimum absolute atomic E-state index is 0.0892. The molecule has 0 bridgehead atoms. The van der Waals surface area contributed by atoms with E-state index in [-0.39, 0.29) is 5.56 Å². The molecule has 19 heavy (non-hydrogen) atoms. The molecule has 0 saturated heterocycles. The minimum atomic E-state index is -1.05. The van der Waals surface area contributed by atoms with Crippen LogP contribution in [0.3, 0.4) is 0 Å². The van der Waals surface area contributed by atoms with Crippen molar-refractivity contribution in [3.63, 3.8) is 0 Å². The SMILES string of the molecule is CC(C)c1cccc(-c2cc(C(=O)O)ccc2F)c1. The van der Waals surface area contributed by atoms with Crippen molar-refractivity contribution < 1.29 is 14.3 Å².